The molecule has 0 aliphatic heterocycles. The topological polar surface area (TPSA) is 39.9 Å². The number of rotatable bonds is 0. The molecule has 0 amide bonds. The Morgan fingerprint density at radius 3 is 2.10 bits per heavy atom. The van der Waals surface area contributed by atoms with Crippen molar-refractivity contribution in [2.75, 3.05) is 0 Å². The van der Waals surface area contributed by atoms with E-state index in [2.05, 4.69) is 15.2 Å². The van der Waals surface area contributed by atoms with Gasteiger partial charge in [-0.2, -0.15) is 13.8 Å². The van der Waals surface area contributed by atoms with E-state index in [0.717, 1.165) is 5.82 Å². The summed E-state index contributed by atoms with van der Waals surface area (Å²) in [4.78, 5) is 3.69. The first kappa shape index (κ1) is 12.8. The maximum Gasteiger partial charge on any atom is 2.00 e. The Balaban J connectivity index is 0. The van der Waals surface area contributed by atoms with Crippen molar-refractivity contribution in [1.29, 1.82) is 0 Å². The van der Waals surface area contributed by atoms with Gasteiger partial charge in [0.25, 0.3) is 0 Å². The van der Waals surface area contributed by atoms with E-state index in [0.29, 0.717) is 0 Å². The maximum atomic E-state index is 3.69. The van der Waals surface area contributed by atoms with Crippen LogP contribution in [0.3, 0.4) is 0 Å². The molecule has 0 unspecified atom stereocenters. The van der Waals surface area contributed by atoms with Crippen molar-refractivity contribution in [3.05, 3.63) is 18.6 Å². The van der Waals surface area contributed by atoms with Gasteiger partial charge in [0.1, 0.15) is 0 Å². The monoisotopic (exact) mass is 363 g/mol. The quantitative estimate of drug-likeness (QED) is 0.645. The second-order valence-electron chi connectivity index (χ2n) is 1.58. The molecule has 0 radical (unpaired) electrons. The average Bonchev–Trinajstić information content (AvgIpc) is 2.20. The Kier molecular flexibility index (Phi) is 11.8. The van der Waals surface area contributed by atoms with E-state index in [-0.39, 0.29) is 31.1 Å². The van der Waals surface area contributed by atoms with Crippen LogP contribution in [0.4, 0.5) is 0 Å². The first-order valence-electron chi connectivity index (χ1n) is 2.82. The van der Waals surface area contributed by atoms with Crippen LogP contribution in [0.1, 0.15) is 19.7 Å². The van der Waals surface area contributed by atoms with Gasteiger partial charge in [-0.15, -0.1) is 0 Å². The predicted octanol–water partition coefficient (Wildman–Crippen LogP) is 0.973. The second kappa shape index (κ2) is 9.19. The van der Waals surface area contributed by atoms with Crippen LogP contribution in [-0.2, 0) is 0 Å². The van der Waals surface area contributed by atoms with Crippen LogP contribution >= 0.6 is 0 Å². The molecule has 1 heterocycles. The van der Waals surface area contributed by atoms with Gasteiger partial charge < -0.3 is 16.5 Å². The van der Waals surface area contributed by atoms with Gasteiger partial charge in [0.15, 0.2) is 0 Å². The molecule has 1 aromatic heterocycles. The molecule has 0 bridgehead atoms. The predicted molar refractivity (Wildman–Crippen MR) is 35.7 cm³/mol. The molecule has 0 spiro atoms. The zero-order valence-corrected chi connectivity index (χ0v) is 10.7. The Labute approximate surface area is 85.4 Å². The smallest absolute Gasteiger partial charge is 0.430 e. The third-order valence-electron chi connectivity index (χ3n) is 0.499. The standard InChI is InChI=1S/C3H4N3.C3H7.U/c1-3-4-2-5-6-3;1-3-2;/h2H,1H3;3H,1-2H3;/q2*-1;+2. The van der Waals surface area contributed by atoms with Gasteiger partial charge in [0.05, 0.1) is 0 Å². The second-order valence-corrected chi connectivity index (χ2v) is 1.58. The van der Waals surface area contributed by atoms with Crippen LogP contribution in [0.5, 0.6) is 0 Å². The van der Waals surface area contributed by atoms with E-state index < -0.39 is 0 Å². The molecule has 3 nitrogen and oxygen atoms in total. The SMILES string of the molecule is C[CH-]C.Cc1nc[n-]n1.[U+2]. The summed E-state index contributed by atoms with van der Waals surface area (Å²) >= 11 is 0. The molecule has 0 aliphatic rings. The van der Waals surface area contributed by atoms with Crippen molar-refractivity contribution < 1.29 is 31.1 Å². The zero-order chi connectivity index (χ0) is 7.11. The van der Waals surface area contributed by atoms with Crippen LogP contribution in [0.2, 0.25) is 0 Å². The van der Waals surface area contributed by atoms with Crippen molar-refractivity contribution in [3.8, 4) is 0 Å². The normalized spacial score (nSPS) is 7.10. The molecular formula is C6H11N3U. The molecule has 1 rings (SSSR count). The molecule has 0 atom stereocenters. The summed E-state index contributed by atoms with van der Waals surface area (Å²) in [6.45, 7) is 5.80. The molecule has 0 N–H and O–H groups in total. The van der Waals surface area contributed by atoms with Crippen molar-refractivity contribution in [1.82, 2.24) is 15.2 Å². The largest absolute Gasteiger partial charge is 2.00 e. The number of hydrogen-bond donors (Lipinski definition) is 0. The van der Waals surface area contributed by atoms with Crippen molar-refractivity contribution in [2.45, 2.75) is 20.8 Å². The van der Waals surface area contributed by atoms with Crippen molar-refractivity contribution >= 4 is 0 Å². The van der Waals surface area contributed by atoms with E-state index in [1.165, 1.54) is 6.33 Å². The summed E-state index contributed by atoms with van der Waals surface area (Å²) in [6, 6.07) is 0. The number of aromatic nitrogens is 3. The van der Waals surface area contributed by atoms with Crippen LogP contribution in [0.25, 0.3) is 0 Å². The average molecular weight is 363 g/mol. The summed E-state index contributed by atoms with van der Waals surface area (Å²) in [5.41, 5.74) is 0. The molecule has 0 saturated carbocycles. The van der Waals surface area contributed by atoms with Gasteiger partial charge in [-0.05, 0) is 6.92 Å². The number of aryl methyl sites for hydroxylation is 1. The molecule has 0 saturated heterocycles. The van der Waals surface area contributed by atoms with Crippen LogP contribution in [0, 0.1) is 44.5 Å². The first-order valence-corrected chi connectivity index (χ1v) is 2.82. The maximum absolute atomic E-state index is 3.69. The summed E-state index contributed by atoms with van der Waals surface area (Å²) in [5.74, 6) is 0.731. The Morgan fingerprint density at radius 1 is 1.50 bits per heavy atom. The van der Waals surface area contributed by atoms with Gasteiger partial charge in [0.2, 0.25) is 0 Å². The van der Waals surface area contributed by atoms with Crippen LogP contribution < -0.4 is 5.10 Å². The number of hydrogen-bond acceptors (Lipinski definition) is 2. The third kappa shape index (κ3) is 8.19. The van der Waals surface area contributed by atoms with Crippen molar-refractivity contribution in [3.63, 3.8) is 0 Å². The summed E-state index contributed by atoms with van der Waals surface area (Å²) in [6.07, 6.45) is 3.43. The van der Waals surface area contributed by atoms with Gasteiger partial charge in [-0.1, -0.05) is 6.33 Å². The Bertz CT molecular complexity index is 128. The fourth-order valence-corrected chi connectivity index (χ4v) is 0.245. The van der Waals surface area contributed by atoms with Crippen LogP contribution in [0.15, 0.2) is 6.33 Å². The summed E-state index contributed by atoms with van der Waals surface area (Å²) < 4.78 is 0. The van der Waals surface area contributed by atoms with E-state index in [9.17, 15) is 0 Å². The van der Waals surface area contributed by atoms with E-state index >= 15 is 0 Å². The molecule has 1 aromatic rings. The zero-order valence-electron chi connectivity index (χ0n) is 6.50. The Hall–Kier alpha value is 0.192. The first-order chi connectivity index (χ1) is 4.31. The summed E-state index contributed by atoms with van der Waals surface area (Å²) in [7, 11) is 0. The minimum atomic E-state index is 0. The molecule has 54 valence electrons. The van der Waals surface area contributed by atoms with E-state index in [4.69, 9.17) is 0 Å². The third-order valence-corrected chi connectivity index (χ3v) is 0.499. The van der Waals surface area contributed by atoms with E-state index in [1.54, 1.807) is 6.92 Å². The Morgan fingerprint density at radius 2 is 2.00 bits per heavy atom. The molecular weight excluding hydrogens is 352 g/mol. The minimum Gasteiger partial charge on any atom is -0.430 e. The van der Waals surface area contributed by atoms with Crippen molar-refractivity contribution in [2.24, 2.45) is 0 Å². The summed E-state index contributed by atoms with van der Waals surface area (Å²) in [5, 5.41) is 7.02. The van der Waals surface area contributed by atoms with Gasteiger partial charge >= 0.3 is 31.1 Å². The molecule has 0 aliphatic carbocycles. The fourth-order valence-electron chi connectivity index (χ4n) is 0.245. The molecule has 10 heavy (non-hydrogen) atoms. The van der Waals surface area contributed by atoms with E-state index in [1.807, 2.05) is 20.3 Å². The number of nitrogens with zero attached hydrogens (tertiary/aromatic N) is 3. The molecule has 4 heteroatoms. The van der Waals surface area contributed by atoms with Crippen LogP contribution in [-0.4, -0.2) is 10.1 Å². The fraction of sp³-hybridized carbons (Fsp3) is 0.500. The minimum absolute atomic E-state index is 0. The van der Waals surface area contributed by atoms with Gasteiger partial charge in [0, 0.05) is 5.82 Å². The molecule has 0 aromatic carbocycles. The van der Waals surface area contributed by atoms with Gasteiger partial charge in [-0.3, -0.25) is 5.10 Å². The molecule has 0 fully saturated rings. The van der Waals surface area contributed by atoms with Gasteiger partial charge in [-0.25, -0.2) is 0 Å².